The number of phosphoric ester groups is 1. The van der Waals surface area contributed by atoms with Crippen LogP contribution in [0, 0.1) is 0 Å². The van der Waals surface area contributed by atoms with Gasteiger partial charge in [-0.15, -0.1) is 0 Å². The van der Waals surface area contributed by atoms with Crippen LogP contribution in [-0.2, 0) is 27.9 Å². The second-order valence-electron chi connectivity index (χ2n) is 19.7. The monoisotopic (exact) mass is 947 g/mol. The summed E-state index contributed by atoms with van der Waals surface area (Å²) in [7, 11) is -4.52. The highest BCUT2D eigenvalue weighted by Gasteiger charge is 2.26. The smallest absolute Gasteiger partial charge is 0.457 e. The summed E-state index contributed by atoms with van der Waals surface area (Å²) in [5, 5.41) is 18.4. The van der Waals surface area contributed by atoms with E-state index in [4.69, 9.17) is 23.6 Å². The van der Waals surface area contributed by atoms with Crippen LogP contribution in [-0.4, -0.2) is 66.3 Å². The molecule has 3 atom stereocenters. The van der Waals surface area contributed by atoms with Crippen LogP contribution in [0.4, 0.5) is 0 Å². The van der Waals surface area contributed by atoms with Gasteiger partial charge in [0.25, 0.3) is 0 Å². The molecule has 3 N–H and O–H groups in total. The molecule has 0 aromatic rings. The predicted molar refractivity (Wildman–Crippen MR) is 275 cm³/mol. The molecule has 0 aromatic heterocycles. The van der Waals surface area contributed by atoms with Crippen molar-refractivity contribution in [3.8, 4) is 0 Å². The summed E-state index contributed by atoms with van der Waals surface area (Å²) in [5.74, 6) is -0.372. The van der Waals surface area contributed by atoms with E-state index in [1.807, 2.05) is 0 Å². The molecule has 0 amide bonds. The van der Waals surface area contributed by atoms with Gasteiger partial charge in [0.15, 0.2) is 0 Å². The molecule has 0 aliphatic rings. The minimum absolute atomic E-state index is 0.0586. The number of carbonyl (C=O) groups excluding carboxylic acids is 1. The Morgan fingerprint density at radius 1 is 0.415 bits per heavy atom. The standard InChI is InChI=1S/C55H111O9P/c1-3-5-7-9-11-13-15-17-19-20-21-22-23-24-25-26-27-28-29-30-31-32-33-34-35-37-39-41-43-45-47-55(58)64-54(52-63-65(59,60)62-50-53(57)49-56)51-61-48-46-44-42-40-38-36-18-16-14-12-10-8-6-4-2/h53-54,56-57H,3-52H2,1-2H3,(H,59,60)/t53-,54+/m0/s1. The number of ether oxygens (including phenoxy) is 2. The fourth-order valence-corrected chi connectivity index (χ4v) is 9.50. The molecular weight excluding hydrogens is 836 g/mol. The van der Waals surface area contributed by atoms with Gasteiger partial charge in [0.2, 0.25) is 0 Å². The maximum Gasteiger partial charge on any atom is 0.472 e. The largest absolute Gasteiger partial charge is 0.472 e. The molecule has 1 unspecified atom stereocenters. The Kier molecular flexibility index (Phi) is 52.4. The molecule has 0 fully saturated rings. The van der Waals surface area contributed by atoms with Crippen LogP contribution in [0.3, 0.4) is 0 Å². The lowest BCUT2D eigenvalue weighted by Crippen LogP contribution is -2.29. The quantitative estimate of drug-likeness (QED) is 0.0310. The van der Waals surface area contributed by atoms with Crippen molar-refractivity contribution in [2.45, 2.75) is 315 Å². The first-order valence-corrected chi connectivity index (χ1v) is 30.0. The molecule has 0 saturated heterocycles. The summed E-state index contributed by atoms with van der Waals surface area (Å²) in [6.07, 6.45) is 56.7. The van der Waals surface area contributed by atoms with Crippen molar-refractivity contribution in [2.75, 3.05) is 33.0 Å². The van der Waals surface area contributed by atoms with E-state index in [-0.39, 0.29) is 25.6 Å². The Morgan fingerprint density at radius 2 is 0.692 bits per heavy atom. The van der Waals surface area contributed by atoms with Gasteiger partial charge < -0.3 is 24.6 Å². The Bertz CT molecular complexity index is 985. The van der Waals surface area contributed by atoms with Crippen molar-refractivity contribution in [3.63, 3.8) is 0 Å². The Labute approximate surface area is 403 Å². The molecule has 9 nitrogen and oxygen atoms in total. The Balaban J connectivity index is 3.85. The number of aliphatic hydroxyl groups is 2. The summed E-state index contributed by atoms with van der Waals surface area (Å²) < 4.78 is 33.6. The fourth-order valence-electron chi connectivity index (χ4n) is 8.71. The number of phosphoric acid groups is 1. The van der Waals surface area contributed by atoms with E-state index in [1.54, 1.807) is 0 Å². The molecule has 0 aliphatic carbocycles. The van der Waals surface area contributed by atoms with Gasteiger partial charge in [-0.2, -0.15) is 0 Å². The van der Waals surface area contributed by atoms with Crippen molar-refractivity contribution in [2.24, 2.45) is 0 Å². The molecule has 0 heterocycles. The first-order valence-electron chi connectivity index (χ1n) is 28.5. The van der Waals surface area contributed by atoms with Gasteiger partial charge in [0.1, 0.15) is 12.2 Å². The molecule has 0 rings (SSSR count). The maximum absolute atomic E-state index is 12.7. The van der Waals surface area contributed by atoms with Crippen LogP contribution in [0.2, 0.25) is 0 Å². The molecule has 0 spiro atoms. The predicted octanol–water partition coefficient (Wildman–Crippen LogP) is 17.0. The highest BCUT2D eigenvalue weighted by molar-refractivity contribution is 7.47. The van der Waals surface area contributed by atoms with Crippen molar-refractivity contribution in [1.82, 2.24) is 0 Å². The van der Waals surface area contributed by atoms with E-state index in [9.17, 15) is 19.4 Å². The van der Waals surface area contributed by atoms with Crippen molar-refractivity contribution in [1.29, 1.82) is 0 Å². The third-order valence-corrected chi connectivity index (χ3v) is 14.0. The summed E-state index contributed by atoms with van der Waals surface area (Å²) in [4.78, 5) is 22.7. The second kappa shape index (κ2) is 52.8. The fraction of sp³-hybridized carbons (Fsp3) is 0.982. The van der Waals surface area contributed by atoms with Crippen LogP contribution in [0.5, 0.6) is 0 Å². The Morgan fingerprint density at radius 3 is 1.00 bits per heavy atom. The molecule has 0 saturated carbocycles. The number of aliphatic hydroxyl groups excluding tert-OH is 2. The van der Waals surface area contributed by atoms with Crippen molar-refractivity contribution >= 4 is 13.8 Å². The zero-order valence-electron chi connectivity index (χ0n) is 43.2. The summed E-state index contributed by atoms with van der Waals surface area (Å²) in [6, 6.07) is 0. The lowest BCUT2D eigenvalue weighted by Gasteiger charge is -2.20. The topological polar surface area (TPSA) is 132 Å². The minimum Gasteiger partial charge on any atom is -0.457 e. The highest BCUT2D eigenvalue weighted by atomic mass is 31.2. The number of unbranched alkanes of at least 4 members (excludes halogenated alkanes) is 42. The van der Waals surface area contributed by atoms with E-state index in [0.29, 0.717) is 6.61 Å². The lowest BCUT2D eigenvalue weighted by molar-refractivity contribution is -0.154. The molecule has 0 aromatic carbocycles. The average molecular weight is 947 g/mol. The maximum atomic E-state index is 12.7. The SMILES string of the molecule is CCCCCCCCCCCCCCCCCCCCCCCCCCCCCCCCC(=O)O[C@H](COCCCCCCCCCCCCCCCC)COP(=O)(O)OC[C@@H](O)CO. The summed E-state index contributed by atoms with van der Waals surface area (Å²) in [6.45, 7) is 3.61. The van der Waals surface area contributed by atoms with E-state index >= 15 is 0 Å². The minimum atomic E-state index is -4.52. The van der Waals surface area contributed by atoms with Crippen LogP contribution in [0.25, 0.3) is 0 Å². The molecule has 390 valence electrons. The number of hydrogen-bond acceptors (Lipinski definition) is 8. The number of hydrogen-bond donors (Lipinski definition) is 3. The van der Waals surface area contributed by atoms with Crippen LogP contribution in [0.15, 0.2) is 0 Å². The number of rotatable bonds is 56. The lowest BCUT2D eigenvalue weighted by atomic mass is 10.0. The van der Waals surface area contributed by atoms with Gasteiger partial charge in [-0.3, -0.25) is 13.8 Å². The van der Waals surface area contributed by atoms with Crippen molar-refractivity contribution < 1.29 is 43.0 Å². The van der Waals surface area contributed by atoms with Gasteiger partial charge in [-0.25, -0.2) is 4.57 Å². The molecule has 0 radical (unpaired) electrons. The number of carbonyl (C=O) groups is 1. The van der Waals surface area contributed by atoms with Gasteiger partial charge in [-0.05, 0) is 12.8 Å². The van der Waals surface area contributed by atoms with Crippen LogP contribution >= 0.6 is 7.82 Å². The zero-order valence-corrected chi connectivity index (χ0v) is 44.1. The van der Waals surface area contributed by atoms with Gasteiger partial charge >= 0.3 is 13.8 Å². The summed E-state index contributed by atoms with van der Waals surface area (Å²) >= 11 is 0. The van der Waals surface area contributed by atoms with Gasteiger partial charge in [-0.1, -0.05) is 284 Å². The van der Waals surface area contributed by atoms with Crippen LogP contribution < -0.4 is 0 Å². The first-order chi connectivity index (χ1) is 31.8. The second-order valence-corrected chi connectivity index (χ2v) is 21.1. The summed E-state index contributed by atoms with van der Waals surface area (Å²) in [5.41, 5.74) is 0. The van der Waals surface area contributed by atoms with Gasteiger partial charge in [0, 0.05) is 13.0 Å². The first kappa shape index (κ1) is 64.5. The molecule has 0 bridgehead atoms. The average Bonchev–Trinajstić information content (AvgIpc) is 3.30. The normalized spacial score (nSPS) is 13.6. The third-order valence-electron chi connectivity index (χ3n) is 13.0. The van der Waals surface area contributed by atoms with E-state index in [2.05, 4.69) is 13.8 Å². The van der Waals surface area contributed by atoms with E-state index < -0.39 is 33.2 Å². The molecule has 0 aliphatic heterocycles. The molecule has 10 heteroatoms. The Hall–Kier alpha value is -0.540. The highest BCUT2D eigenvalue weighted by Crippen LogP contribution is 2.43. The van der Waals surface area contributed by atoms with Gasteiger partial charge in [0.05, 0.1) is 26.4 Å². The van der Waals surface area contributed by atoms with Crippen molar-refractivity contribution in [3.05, 3.63) is 0 Å². The molecule has 65 heavy (non-hydrogen) atoms. The zero-order chi connectivity index (χ0) is 47.4. The third kappa shape index (κ3) is 52.7. The number of esters is 1. The molecular formula is C55H111O9P. The van der Waals surface area contributed by atoms with E-state index in [1.165, 1.54) is 250 Å². The van der Waals surface area contributed by atoms with Crippen LogP contribution in [0.1, 0.15) is 303 Å². The van der Waals surface area contributed by atoms with E-state index in [0.717, 1.165) is 32.1 Å².